The standard InChI is InChI=1S/C22H25N3O.C7H6.CH3.ClH.Ru/c1-24(2)19-12-8-17(9-13-19)22(26,21-7-5-6-16-23-21)18-10-14-20(15-11-18)25(3)4;1-7-5-3-2-4-6-7;;;/h5-16,26H,1-4H3;1-6H;1H3;1H;/q;;+1;;+1/p-1. The molecule has 0 radical (unpaired) electrons. The molecule has 0 amide bonds. The van der Waals surface area contributed by atoms with E-state index >= 15 is 0 Å². The summed E-state index contributed by atoms with van der Waals surface area (Å²) < 4.78 is 2.06. The summed E-state index contributed by atoms with van der Waals surface area (Å²) >= 11 is -0.0765. The predicted octanol–water partition coefficient (Wildman–Crippen LogP) is 6.02. The van der Waals surface area contributed by atoms with Gasteiger partial charge in [-0.15, -0.1) is 0 Å². The monoisotopic (exact) mass is 589 g/mol. The van der Waals surface area contributed by atoms with Crippen LogP contribution in [0.2, 0.25) is 0 Å². The molecular weight excluding hydrogens is 555 g/mol. The molecule has 0 spiro atoms. The zero-order valence-corrected chi connectivity index (χ0v) is 23.9. The van der Waals surface area contributed by atoms with Gasteiger partial charge in [-0.3, -0.25) is 4.98 Å². The van der Waals surface area contributed by atoms with Crippen LogP contribution < -0.4 is 9.80 Å². The topological polar surface area (TPSA) is 39.6 Å². The molecule has 0 aliphatic rings. The van der Waals surface area contributed by atoms with Crippen molar-refractivity contribution in [1.82, 2.24) is 4.98 Å². The van der Waals surface area contributed by atoms with Gasteiger partial charge in [-0.1, -0.05) is 30.3 Å². The molecule has 0 aliphatic heterocycles. The first kappa shape index (κ1) is 29.3. The quantitative estimate of drug-likeness (QED) is 0.221. The number of hydrogen-bond donors (Lipinski definition) is 1. The summed E-state index contributed by atoms with van der Waals surface area (Å²) in [5, 5.41) is 11.8. The predicted molar refractivity (Wildman–Crippen MR) is 152 cm³/mol. The SMILES string of the molecule is CN(C)c1ccc(C(O)(c2ccc(N(C)C)cc2)c2ccccn2)cc1.[CH3+].[Cl][Ru]=[CH]c1ccccc1. The number of pyridine rings is 1. The Kier molecular flexibility index (Phi) is 11.3. The minimum atomic E-state index is -1.31. The van der Waals surface area contributed by atoms with Crippen LogP contribution >= 0.6 is 9.69 Å². The van der Waals surface area contributed by atoms with Crippen LogP contribution in [0.3, 0.4) is 0 Å². The summed E-state index contributed by atoms with van der Waals surface area (Å²) in [6, 6.07) is 31.6. The van der Waals surface area contributed by atoms with Crippen LogP contribution in [0.4, 0.5) is 11.4 Å². The molecule has 1 aromatic heterocycles. The molecule has 0 fully saturated rings. The van der Waals surface area contributed by atoms with Gasteiger partial charge in [-0.25, -0.2) is 0 Å². The second kappa shape index (κ2) is 13.9. The number of hydrogen-bond acceptors (Lipinski definition) is 4. The Hall–Kier alpha value is -2.98. The zero-order chi connectivity index (χ0) is 25.3. The number of rotatable bonds is 6. The summed E-state index contributed by atoms with van der Waals surface area (Å²) in [6.45, 7) is 0. The van der Waals surface area contributed by atoms with Crippen molar-refractivity contribution >= 4 is 25.7 Å². The molecule has 1 N–H and O–H groups in total. The van der Waals surface area contributed by atoms with Gasteiger partial charge in [0.2, 0.25) is 0 Å². The summed E-state index contributed by atoms with van der Waals surface area (Å²) in [5.41, 5.74) is 4.27. The molecule has 0 atom stereocenters. The molecule has 1 heterocycles. The van der Waals surface area contributed by atoms with Crippen molar-refractivity contribution < 1.29 is 20.8 Å². The number of halogens is 1. The van der Waals surface area contributed by atoms with Gasteiger partial charge >= 0.3 is 65.9 Å². The van der Waals surface area contributed by atoms with Gasteiger partial charge in [0.15, 0.2) is 5.60 Å². The average Bonchev–Trinajstić information content (AvgIpc) is 2.90. The number of aromatic nitrogens is 1. The number of anilines is 2. The third kappa shape index (κ3) is 7.27. The van der Waals surface area contributed by atoms with Gasteiger partial charge in [-0.05, 0) is 47.5 Å². The van der Waals surface area contributed by atoms with Crippen molar-refractivity contribution in [3.63, 3.8) is 0 Å². The van der Waals surface area contributed by atoms with Crippen molar-refractivity contribution in [3.05, 3.63) is 133 Å². The minimum absolute atomic E-state index is 0. The first-order chi connectivity index (χ1) is 16.9. The molecule has 189 valence electrons. The maximum atomic E-state index is 11.8. The van der Waals surface area contributed by atoms with Crippen molar-refractivity contribution in [2.45, 2.75) is 5.60 Å². The van der Waals surface area contributed by atoms with Gasteiger partial charge in [-0.2, -0.15) is 0 Å². The second-order valence-corrected chi connectivity index (χ2v) is 10.2. The summed E-state index contributed by atoms with van der Waals surface area (Å²) in [5.74, 6) is 0. The van der Waals surface area contributed by atoms with Crippen LogP contribution in [-0.2, 0) is 21.3 Å². The second-order valence-electron chi connectivity index (χ2n) is 8.40. The Morgan fingerprint density at radius 1 is 0.722 bits per heavy atom. The third-order valence-electron chi connectivity index (χ3n) is 5.59. The number of nitrogens with zero attached hydrogens (tertiary/aromatic N) is 3. The Morgan fingerprint density at radius 2 is 1.19 bits per heavy atom. The maximum absolute atomic E-state index is 11.8. The molecule has 36 heavy (non-hydrogen) atoms. The van der Waals surface area contributed by atoms with E-state index in [1.54, 1.807) is 6.20 Å². The first-order valence-electron chi connectivity index (χ1n) is 11.2. The van der Waals surface area contributed by atoms with Gasteiger partial charge in [0.1, 0.15) is 0 Å². The van der Waals surface area contributed by atoms with E-state index < -0.39 is 5.60 Å². The molecule has 0 aliphatic carbocycles. The van der Waals surface area contributed by atoms with E-state index in [1.165, 1.54) is 5.56 Å². The van der Waals surface area contributed by atoms with Crippen LogP contribution in [0.15, 0.2) is 103 Å². The van der Waals surface area contributed by atoms with Crippen molar-refractivity contribution in [3.8, 4) is 0 Å². The molecule has 0 unspecified atom stereocenters. The summed E-state index contributed by atoms with van der Waals surface area (Å²) in [7, 11) is 13.6. The fourth-order valence-electron chi connectivity index (χ4n) is 3.61. The van der Waals surface area contributed by atoms with Crippen molar-refractivity contribution in [2.75, 3.05) is 38.0 Å². The van der Waals surface area contributed by atoms with Gasteiger partial charge in [0, 0.05) is 53.2 Å². The van der Waals surface area contributed by atoms with Crippen LogP contribution in [0, 0.1) is 7.43 Å². The molecule has 4 rings (SSSR count). The van der Waals surface area contributed by atoms with E-state index in [0.29, 0.717) is 5.69 Å². The van der Waals surface area contributed by atoms with Crippen LogP contribution in [-0.4, -0.2) is 42.9 Å². The normalized spacial score (nSPS) is 10.9. The van der Waals surface area contributed by atoms with Crippen LogP contribution in [0.1, 0.15) is 22.4 Å². The summed E-state index contributed by atoms with van der Waals surface area (Å²) in [6.07, 6.45) is 1.71. The van der Waals surface area contributed by atoms with Crippen LogP contribution in [0.5, 0.6) is 0 Å². The van der Waals surface area contributed by atoms with Crippen molar-refractivity contribution in [1.29, 1.82) is 0 Å². The molecular formula is C30H34ClN3ORu+. The molecule has 6 heteroatoms. The Labute approximate surface area is 227 Å². The van der Waals surface area contributed by atoms with E-state index in [-0.39, 0.29) is 23.1 Å². The molecule has 4 aromatic rings. The fraction of sp³-hybridized carbons (Fsp3) is 0.167. The van der Waals surface area contributed by atoms with E-state index in [2.05, 4.69) is 21.7 Å². The average molecular weight is 589 g/mol. The Balaban J connectivity index is 0.000000386. The molecule has 3 aromatic carbocycles. The number of aliphatic hydroxyl groups is 1. The first-order valence-corrected chi connectivity index (χ1v) is 14.4. The van der Waals surface area contributed by atoms with E-state index in [4.69, 9.17) is 9.69 Å². The zero-order valence-electron chi connectivity index (χ0n) is 21.4. The molecule has 0 bridgehead atoms. The van der Waals surface area contributed by atoms with E-state index in [9.17, 15) is 5.11 Å². The van der Waals surface area contributed by atoms with E-state index in [0.717, 1.165) is 22.5 Å². The Bertz CT molecular complexity index is 1150. The molecule has 0 saturated heterocycles. The van der Waals surface area contributed by atoms with Gasteiger partial charge in [0.25, 0.3) is 0 Å². The Morgan fingerprint density at radius 3 is 1.58 bits per heavy atom. The van der Waals surface area contributed by atoms with Crippen molar-refractivity contribution in [2.24, 2.45) is 0 Å². The van der Waals surface area contributed by atoms with Gasteiger partial charge in [0.05, 0.1) is 5.69 Å². The molecule has 4 nitrogen and oxygen atoms in total. The third-order valence-corrected chi connectivity index (χ3v) is 6.82. The van der Waals surface area contributed by atoms with Gasteiger partial charge < -0.3 is 14.9 Å². The fourth-order valence-corrected chi connectivity index (χ4v) is 4.69. The number of benzene rings is 3. The molecule has 0 saturated carbocycles. The van der Waals surface area contributed by atoms with E-state index in [1.807, 2.05) is 123 Å². The summed E-state index contributed by atoms with van der Waals surface area (Å²) in [4.78, 5) is 8.52. The van der Waals surface area contributed by atoms with Crippen LogP contribution in [0.25, 0.3) is 0 Å².